The number of piperidine rings is 1. The number of fused-ring (bicyclic) bond motifs is 5. The van der Waals surface area contributed by atoms with E-state index in [1.807, 2.05) is 61.3 Å². The van der Waals surface area contributed by atoms with Crippen LogP contribution in [0.5, 0.6) is 0 Å². The predicted octanol–water partition coefficient (Wildman–Crippen LogP) is 7.88. The van der Waals surface area contributed by atoms with Crippen LogP contribution in [0, 0.1) is 11.8 Å². The second-order valence-electron chi connectivity index (χ2n) is 16.5. The summed E-state index contributed by atoms with van der Waals surface area (Å²) < 4.78 is 4.89. The van der Waals surface area contributed by atoms with Crippen LogP contribution in [0.3, 0.4) is 0 Å². The molecule has 0 radical (unpaired) electrons. The molecule has 1 saturated carbocycles. The molecule has 2 bridgehead atoms. The smallest absolute Gasteiger partial charge is 0.407 e. The van der Waals surface area contributed by atoms with Gasteiger partial charge in [0.2, 0.25) is 5.91 Å². The Morgan fingerprint density at radius 2 is 1.62 bits per heavy atom. The summed E-state index contributed by atoms with van der Waals surface area (Å²) in [5.74, 6) is 1.11. The summed E-state index contributed by atoms with van der Waals surface area (Å²) in [7, 11) is 1.29. The molecule has 0 unspecified atom stereocenters. The van der Waals surface area contributed by atoms with Crippen LogP contribution < -0.4 is 10.6 Å². The Morgan fingerprint density at radius 3 is 2.37 bits per heavy atom. The molecule has 2 saturated heterocycles. The maximum Gasteiger partial charge on any atom is 0.407 e. The molecule has 9 rings (SSSR count). The van der Waals surface area contributed by atoms with Crippen molar-refractivity contribution < 1.29 is 29.0 Å². The molecule has 1 aliphatic carbocycles. The number of methoxy groups -OCH3 is 1. The first-order valence-electron chi connectivity index (χ1n) is 20.7. The lowest BCUT2D eigenvalue weighted by Crippen LogP contribution is -2.50. The number of nitrogens with zero attached hydrogens (tertiary/aromatic N) is 4. The number of amides is 4. The summed E-state index contributed by atoms with van der Waals surface area (Å²) in [6.45, 7) is 4.22. The molecule has 4 amide bonds. The van der Waals surface area contributed by atoms with Crippen molar-refractivity contribution in [2.75, 3.05) is 13.7 Å². The van der Waals surface area contributed by atoms with Gasteiger partial charge >= 0.3 is 12.2 Å². The fraction of sp³-hybridized carbons (Fsp3) is 0.348. The number of benzene rings is 4. The van der Waals surface area contributed by atoms with E-state index in [9.17, 15) is 24.3 Å². The maximum atomic E-state index is 14.3. The monoisotopic (exact) mass is 808 g/mol. The van der Waals surface area contributed by atoms with Gasteiger partial charge in [-0.05, 0) is 83.7 Å². The number of hydrogen-bond acceptors (Lipinski definition) is 7. The Kier molecular flexibility index (Phi) is 10.2. The number of aromatic amines is 2. The molecule has 4 aromatic carbocycles. The molecule has 14 nitrogen and oxygen atoms in total. The number of imidazole rings is 2. The highest BCUT2D eigenvalue weighted by molar-refractivity contribution is 6.05. The summed E-state index contributed by atoms with van der Waals surface area (Å²) in [5, 5.41) is 16.6. The highest BCUT2D eigenvalue weighted by Crippen LogP contribution is 2.50. The third kappa shape index (κ3) is 7.09. The number of likely N-dealkylation sites (tertiary alicyclic amines) is 2. The van der Waals surface area contributed by atoms with Crippen LogP contribution in [-0.2, 0) is 14.3 Å². The molecule has 5 N–H and O–H groups in total. The number of carboxylic acid groups (broad SMARTS) is 1. The maximum absolute atomic E-state index is 14.3. The Morgan fingerprint density at radius 1 is 0.850 bits per heavy atom. The van der Waals surface area contributed by atoms with Crippen LogP contribution in [0.15, 0.2) is 91.1 Å². The van der Waals surface area contributed by atoms with Crippen LogP contribution in [0.1, 0.15) is 81.3 Å². The Bertz CT molecular complexity index is 2590. The lowest BCUT2D eigenvalue weighted by atomic mass is 9.96. The molecule has 308 valence electrons. The molecule has 2 aliphatic heterocycles. The van der Waals surface area contributed by atoms with Gasteiger partial charge in [-0.2, -0.15) is 0 Å². The number of rotatable bonds is 10. The van der Waals surface area contributed by atoms with Crippen molar-refractivity contribution in [3.8, 4) is 22.4 Å². The van der Waals surface area contributed by atoms with Crippen LogP contribution in [0.25, 0.3) is 44.2 Å². The Labute approximate surface area is 346 Å². The van der Waals surface area contributed by atoms with Crippen molar-refractivity contribution in [1.82, 2.24) is 40.4 Å². The Hall–Kier alpha value is -6.70. The molecular weight excluding hydrogens is 761 g/mol. The lowest BCUT2D eigenvalue weighted by molar-refractivity contribution is -0.138. The van der Waals surface area contributed by atoms with E-state index in [1.165, 1.54) is 7.11 Å². The van der Waals surface area contributed by atoms with Crippen molar-refractivity contribution in [2.45, 2.75) is 76.2 Å². The summed E-state index contributed by atoms with van der Waals surface area (Å²) in [5.41, 5.74) is 6.33. The number of alkyl carbamates (subject to hydrolysis) is 1. The molecule has 3 aliphatic rings. The van der Waals surface area contributed by atoms with E-state index in [1.54, 1.807) is 4.90 Å². The molecule has 6 atom stereocenters. The number of carbonyl (C=O) groups is 4. The fourth-order valence-electron chi connectivity index (χ4n) is 9.69. The lowest BCUT2D eigenvalue weighted by Gasteiger charge is -2.36. The van der Waals surface area contributed by atoms with Gasteiger partial charge in [-0.15, -0.1) is 0 Å². The number of H-pyrrole nitrogens is 2. The molecule has 2 aromatic heterocycles. The third-order valence-electron chi connectivity index (χ3n) is 12.6. The zero-order chi connectivity index (χ0) is 41.7. The van der Waals surface area contributed by atoms with Crippen molar-refractivity contribution in [3.63, 3.8) is 0 Å². The van der Waals surface area contributed by atoms with Gasteiger partial charge in [0.25, 0.3) is 5.91 Å². The summed E-state index contributed by atoms with van der Waals surface area (Å²) in [4.78, 5) is 72.2. The van der Waals surface area contributed by atoms with Gasteiger partial charge in [-0.3, -0.25) is 9.59 Å². The standard InChI is InChI=1S/C46H48N8O6/c1-25(2)37(51-45(57)58)43(55)53-21-7-10-36(53)41-48-34-20-17-30-22-29(16-19-33(30)39(34)50-41)26-11-13-27(14-12-26)35-24-47-42(49-35)40-31-15-18-32(23-31)54(40)44(56)38(52-46(59)60-3)28-8-5-4-6-9-28/h4-6,8-9,11-14,16-17,19-20,22,24-25,31-32,36-38,40,51H,7,10,15,18,21,23H2,1-3H3,(H,47,49)(H,48,50)(H,52,59)(H,57,58)/t31-,32+,36-,37-,38+,40-/m0/s1. The van der Waals surface area contributed by atoms with E-state index >= 15 is 0 Å². The number of ether oxygens (including phenoxy) is 1. The van der Waals surface area contributed by atoms with Crippen molar-refractivity contribution >= 4 is 45.8 Å². The quantitative estimate of drug-likeness (QED) is 0.0925. The first kappa shape index (κ1) is 38.8. The highest BCUT2D eigenvalue weighted by Gasteiger charge is 2.51. The molecule has 3 fully saturated rings. The highest BCUT2D eigenvalue weighted by atomic mass is 16.5. The molecular formula is C46H48N8O6. The molecule has 4 heterocycles. The van der Waals surface area contributed by atoms with Gasteiger partial charge in [-0.25, -0.2) is 19.6 Å². The summed E-state index contributed by atoms with van der Waals surface area (Å²) in [6.07, 6.45) is 4.33. The molecule has 0 spiro atoms. The normalized spacial score (nSPS) is 20.8. The van der Waals surface area contributed by atoms with Gasteiger partial charge < -0.3 is 40.2 Å². The first-order chi connectivity index (χ1) is 29.1. The van der Waals surface area contributed by atoms with E-state index in [0.717, 1.165) is 82.1 Å². The van der Waals surface area contributed by atoms with Gasteiger partial charge in [-0.1, -0.05) is 86.6 Å². The minimum absolute atomic E-state index is 0.0692. The molecule has 14 heteroatoms. The van der Waals surface area contributed by atoms with Crippen LogP contribution in [-0.4, -0.2) is 84.6 Å². The van der Waals surface area contributed by atoms with E-state index in [4.69, 9.17) is 14.7 Å². The van der Waals surface area contributed by atoms with E-state index in [0.29, 0.717) is 17.9 Å². The number of aromatic nitrogens is 4. The van der Waals surface area contributed by atoms with Crippen LogP contribution in [0.2, 0.25) is 0 Å². The van der Waals surface area contributed by atoms with Crippen molar-refractivity contribution in [3.05, 3.63) is 108 Å². The summed E-state index contributed by atoms with van der Waals surface area (Å²) in [6, 6.07) is 25.9. The van der Waals surface area contributed by atoms with Crippen molar-refractivity contribution in [1.29, 1.82) is 0 Å². The van der Waals surface area contributed by atoms with Gasteiger partial charge in [0.05, 0.1) is 42.1 Å². The Balaban J connectivity index is 0.933. The summed E-state index contributed by atoms with van der Waals surface area (Å²) >= 11 is 0. The van der Waals surface area contributed by atoms with Crippen LogP contribution >= 0.6 is 0 Å². The second-order valence-corrected chi connectivity index (χ2v) is 16.5. The van der Waals surface area contributed by atoms with E-state index in [2.05, 4.69) is 69.1 Å². The minimum Gasteiger partial charge on any atom is -0.465 e. The third-order valence-corrected chi connectivity index (χ3v) is 12.6. The average molecular weight is 809 g/mol. The predicted molar refractivity (Wildman–Crippen MR) is 226 cm³/mol. The largest absolute Gasteiger partial charge is 0.465 e. The van der Waals surface area contributed by atoms with Gasteiger partial charge in [0.15, 0.2) is 0 Å². The zero-order valence-corrected chi connectivity index (χ0v) is 33.7. The van der Waals surface area contributed by atoms with Crippen LogP contribution in [0.4, 0.5) is 9.59 Å². The average Bonchev–Trinajstić information content (AvgIpc) is 4.12. The van der Waals surface area contributed by atoms with E-state index in [-0.39, 0.29) is 41.8 Å². The number of nitrogens with one attached hydrogen (secondary N) is 4. The van der Waals surface area contributed by atoms with E-state index < -0.39 is 24.3 Å². The first-order valence-corrected chi connectivity index (χ1v) is 20.7. The second kappa shape index (κ2) is 15.8. The molecule has 60 heavy (non-hydrogen) atoms. The van der Waals surface area contributed by atoms with Crippen molar-refractivity contribution in [2.24, 2.45) is 11.8 Å². The topological polar surface area (TPSA) is 186 Å². The minimum atomic E-state index is -1.21. The van der Waals surface area contributed by atoms with Gasteiger partial charge in [0, 0.05) is 18.0 Å². The number of carbonyl (C=O) groups excluding carboxylic acids is 3. The zero-order valence-electron chi connectivity index (χ0n) is 33.7. The van der Waals surface area contributed by atoms with Gasteiger partial charge in [0.1, 0.15) is 23.7 Å². The molecule has 6 aromatic rings. The fourth-order valence-corrected chi connectivity index (χ4v) is 9.69. The number of hydrogen-bond donors (Lipinski definition) is 5. The SMILES string of the molecule is COC(=O)N[C@@H](C(=O)N1[C@@H]2CC[C@@H](C2)[C@H]1c1ncc(-c2ccc(-c3ccc4c(ccc5[nH]c([C@@H]6CCCN6C(=O)[C@@H](NC(=O)O)C(C)C)nc54)c3)cc2)[nH]1)c1ccccc1.